The third-order valence-corrected chi connectivity index (χ3v) is 2.23. The van der Waals surface area contributed by atoms with Crippen LogP contribution < -0.4 is 10.6 Å². The Morgan fingerprint density at radius 2 is 2.35 bits per heavy atom. The maximum absolute atomic E-state index is 11.5. The Hall–Kier alpha value is -1.84. The SMILES string of the molecule is C=CCNc1ccc(NC(=O)CCCC)cn1. The van der Waals surface area contributed by atoms with Gasteiger partial charge in [0.2, 0.25) is 5.91 Å². The van der Waals surface area contributed by atoms with E-state index in [-0.39, 0.29) is 5.91 Å². The standard InChI is InChI=1S/C13H19N3O/c1-3-5-6-13(17)16-11-7-8-12(15-10-11)14-9-4-2/h4,7-8,10H,2-3,5-6,9H2,1H3,(H,14,15)(H,16,17). The minimum Gasteiger partial charge on any atom is -0.367 e. The van der Waals surface area contributed by atoms with Crippen molar-refractivity contribution in [3.8, 4) is 0 Å². The fourth-order valence-electron chi connectivity index (χ4n) is 1.31. The lowest BCUT2D eigenvalue weighted by molar-refractivity contribution is -0.116. The lowest BCUT2D eigenvalue weighted by Crippen LogP contribution is -2.11. The number of carbonyl (C=O) groups excluding carboxylic acids is 1. The van der Waals surface area contributed by atoms with Gasteiger partial charge in [-0.1, -0.05) is 19.4 Å². The fraction of sp³-hybridized carbons (Fsp3) is 0.385. The topological polar surface area (TPSA) is 54.0 Å². The number of anilines is 2. The third kappa shape index (κ3) is 5.15. The highest BCUT2D eigenvalue weighted by Gasteiger charge is 2.01. The number of hydrogen-bond donors (Lipinski definition) is 2. The van der Waals surface area contributed by atoms with E-state index in [1.807, 2.05) is 12.1 Å². The van der Waals surface area contributed by atoms with Gasteiger partial charge in [-0.15, -0.1) is 6.58 Å². The highest BCUT2D eigenvalue weighted by molar-refractivity contribution is 5.90. The molecule has 0 fully saturated rings. The van der Waals surface area contributed by atoms with Crippen LogP contribution >= 0.6 is 0 Å². The van der Waals surface area contributed by atoms with Gasteiger partial charge in [-0.25, -0.2) is 4.98 Å². The number of nitrogens with one attached hydrogen (secondary N) is 2. The maximum Gasteiger partial charge on any atom is 0.224 e. The smallest absolute Gasteiger partial charge is 0.224 e. The van der Waals surface area contributed by atoms with Crippen molar-refractivity contribution in [2.24, 2.45) is 0 Å². The molecule has 0 spiro atoms. The maximum atomic E-state index is 11.5. The van der Waals surface area contributed by atoms with E-state index in [0.29, 0.717) is 13.0 Å². The Balaban J connectivity index is 2.44. The van der Waals surface area contributed by atoms with Crippen LogP contribution in [0.1, 0.15) is 26.2 Å². The minimum atomic E-state index is 0.0421. The first-order valence-corrected chi connectivity index (χ1v) is 5.87. The van der Waals surface area contributed by atoms with E-state index in [0.717, 1.165) is 24.3 Å². The van der Waals surface area contributed by atoms with Crippen LogP contribution in [-0.2, 0) is 4.79 Å². The van der Waals surface area contributed by atoms with Crippen molar-refractivity contribution in [2.45, 2.75) is 26.2 Å². The van der Waals surface area contributed by atoms with Gasteiger partial charge in [-0.3, -0.25) is 4.79 Å². The molecule has 0 aliphatic carbocycles. The van der Waals surface area contributed by atoms with Gasteiger partial charge in [0.05, 0.1) is 11.9 Å². The van der Waals surface area contributed by atoms with Crippen molar-refractivity contribution in [2.75, 3.05) is 17.2 Å². The number of amides is 1. The Morgan fingerprint density at radius 3 is 2.94 bits per heavy atom. The van der Waals surface area contributed by atoms with Crippen LogP contribution in [0.5, 0.6) is 0 Å². The van der Waals surface area contributed by atoms with Crippen LogP contribution in [0.25, 0.3) is 0 Å². The van der Waals surface area contributed by atoms with E-state index in [1.165, 1.54) is 0 Å². The van der Waals surface area contributed by atoms with Gasteiger partial charge >= 0.3 is 0 Å². The number of hydrogen-bond acceptors (Lipinski definition) is 3. The molecular formula is C13H19N3O. The summed E-state index contributed by atoms with van der Waals surface area (Å²) in [5.41, 5.74) is 0.732. The predicted octanol–water partition coefficient (Wildman–Crippen LogP) is 2.81. The summed E-state index contributed by atoms with van der Waals surface area (Å²) in [6.45, 7) is 6.35. The molecule has 0 aliphatic heterocycles. The molecule has 0 aromatic carbocycles. The number of rotatable bonds is 7. The van der Waals surface area contributed by atoms with E-state index in [2.05, 4.69) is 29.1 Å². The Bertz CT molecular complexity index is 359. The fourth-order valence-corrected chi connectivity index (χ4v) is 1.31. The lowest BCUT2D eigenvalue weighted by Gasteiger charge is -2.06. The normalized spacial score (nSPS) is 9.71. The first kappa shape index (κ1) is 13.2. The van der Waals surface area contributed by atoms with E-state index in [9.17, 15) is 4.79 Å². The zero-order valence-electron chi connectivity index (χ0n) is 10.2. The van der Waals surface area contributed by atoms with Crippen LogP contribution in [0.3, 0.4) is 0 Å². The quantitative estimate of drug-likeness (QED) is 0.712. The molecule has 0 saturated heterocycles. The molecule has 1 rings (SSSR count). The summed E-state index contributed by atoms with van der Waals surface area (Å²) in [5, 5.41) is 5.88. The molecule has 0 unspecified atom stereocenters. The zero-order valence-corrected chi connectivity index (χ0v) is 10.2. The minimum absolute atomic E-state index is 0.0421. The summed E-state index contributed by atoms with van der Waals surface area (Å²) >= 11 is 0. The van der Waals surface area contributed by atoms with Crippen molar-refractivity contribution >= 4 is 17.4 Å². The Labute approximate surface area is 102 Å². The molecule has 0 saturated carbocycles. The first-order valence-electron chi connectivity index (χ1n) is 5.87. The molecule has 0 atom stereocenters. The van der Waals surface area contributed by atoms with Gasteiger partial charge < -0.3 is 10.6 Å². The van der Waals surface area contributed by atoms with E-state index in [1.54, 1.807) is 12.3 Å². The van der Waals surface area contributed by atoms with Gasteiger partial charge in [-0.2, -0.15) is 0 Å². The average molecular weight is 233 g/mol. The molecule has 2 N–H and O–H groups in total. The summed E-state index contributed by atoms with van der Waals surface area (Å²) in [4.78, 5) is 15.6. The van der Waals surface area contributed by atoms with Crippen molar-refractivity contribution in [3.63, 3.8) is 0 Å². The second-order valence-electron chi connectivity index (χ2n) is 3.75. The van der Waals surface area contributed by atoms with Crippen LogP contribution in [0.2, 0.25) is 0 Å². The van der Waals surface area contributed by atoms with E-state index in [4.69, 9.17) is 0 Å². The number of aromatic nitrogens is 1. The lowest BCUT2D eigenvalue weighted by atomic mass is 10.2. The monoisotopic (exact) mass is 233 g/mol. The number of pyridine rings is 1. The molecule has 0 radical (unpaired) electrons. The molecule has 1 aromatic heterocycles. The summed E-state index contributed by atoms with van der Waals surface area (Å²) < 4.78 is 0. The molecular weight excluding hydrogens is 214 g/mol. The van der Waals surface area contributed by atoms with Gasteiger partial charge in [0.25, 0.3) is 0 Å². The molecule has 0 bridgehead atoms. The van der Waals surface area contributed by atoms with Gasteiger partial charge in [0, 0.05) is 13.0 Å². The van der Waals surface area contributed by atoms with Crippen molar-refractivity contribution in [1.29, 1.82) is 0 Å². The van der Waals surface area contributed by atoms with Crippen molar-refractivity contribution < 1.29 is 4.79 Å². The Kier molecular flexibility index (Phi) is 5.79. The molecule has 1 heterocycles. The number of unbranched alkanes of at least 4 members (excludes halogenated alkanes) is 1. The van der Waals surface area contributed by atoms with Gasteiger partial charge in [-0.05, 0) is 18.6 Å². The second kappa shape index (κ2) is 7.44. The summed E-state index contributed by atoms with van der Waals surface area (Å²) in [5.74, 6) is 0.817. The summed E-state index contributed by atoms with van der Waals surface area (Å²) in [7, 11) is 0. The van der Waals surface area contributed by atoms with Gasteiger partial charge in [0.1, 0.15) is 5.82 Å². The molecule has 17 heavy (non-hydrogen) atoms. The molecule has 92 valence electrons. The average Bonchev–Trinajstić information content (AvgIpc) is 2.35. The van der Waals surface area contributed by atoms with E-state index >= 15 is 0 Å². The zero-order chi connectivity index (χ0) is 12.5. The highest BCUT2D eigenvalue weighted by atomic mass is 16.1. The second-order valence-corrected chi connectivity index (χ2v) is 3.75. The summed E-state index contributed by atoms with van der Waals surface area (Å²) in [6.07, 6.45) is 5.92. The summed E-state index contributed by atoms with van der Waals surface area (Å²) in [6, 6.07) is 3.67. The van der Waals surface area contributed by atoms with Crippen molar-refractivity contribution in [3.05, 3.63) is 31.0 Å². The van der Waals surface area contributed by atoms with Crippen molar-refractivity contribution in [1.82, 2.24) is 4.98 Å². The van der Waals surface area contributed by atoms with E-state index < -0.39 is 0 Å². The van der Waals surface area contributed by atoms with Crippen LogP contribution in [0, 0.1) is 0 Å². The molecule has 1 aromatic rings. The van der Waals surface area contributed by atoms with Crippen LogP contribution in [0.15, 0.2) is 31.0 Å². The third-order valence-electron chi connectivity index (χ3n) is 2.23. The molecule has 0 aliphatic rings. The van der Waals surface area contributed by atoms with Crippen LogP contribution in [0.4, 0.5) is 11.5 Å². The molecule has 4 nitrogen and oxygen atoms in total. The predicted molar refractivity (Wildman–Crippen MR) is 71.1 cm³/mol. The number of carbonyl (C=O) groups is 1. The van der Waals surface area contributed by atoms with Gasteiger partial charge in [0.15, 0.2) is 0 Å². The Morgan fingerprint density at radius 1 is 1.53 bits per heavy atom. The molecule has 1 amide bonds. The highest BCUT2D eigenvalue weighted by Crippen LogP contribution is 2.10. The van der Waals surface area contributed by atoms with Crippen LogP contribution in [-0.4, -0.2) is 17.4 Å². The first-order chi connectivity index (χ1) is 8.26. The largest absolute Gasteiger partial charge is 0.367 e. The number of nitrogens with zero attached hydrogens (tertiary/aromatic N) is 1. The molecule has 4 heteroatoms.